The maximum atomic E-state index is 11.6. The normalized spacial score (nSPS) is 15.6. The zero-order chi connectivity index (χ0) is 10.6. The topological polar surface area (TPSA) is 46.3 Å². The Hall–Kier alpha value is -0.570. The van der Waals surface area contributed by atoms with Gasteiger partial charge in [0.05, 0.1) is 6.04 Å². The fraction of sp³-hybridized carbons (Fsp3) is 0.900. The van der Waals surface area contributed by atoms with Gasteiger partial charge in [0, 0.05) is 13.1 Å². The van der Waals surface area contributed by atoms with Crippen LogP contribution in [0.25, 0.3) is 0 Å². The minimum Gasteiger partial charge on any atom is -0.341 e. The molecule has 0 spiro atoms. The van der Waals surface area contributed by atoms with Crippen LogP contribution in [0.1, 0.15) is 34.1 Å². The van der Waals surface area contributed by atoms with Gasteiger partial charge < -0.3 is 10.6 Å². The van der Waals surface area contributed by atoms with E-state index in [1.165, 1.54) is 0 Å². The minimum atomic E-state index is -0.341. The summed E-state index contributed by atoms with van der Waals surface area (Å²) in [5.41, 5.74) is 5.66. The monoisotopic (exact) mass is 186 g/mol. The highest BCUT2D eigenvalue weighted by molar-refractivity contribution is 5.81. The van der Waals surface area contributed by atoms with Gasteiger partial charge in [0.15, 0.2) is 0 Å². The Morgan fingerprint density at radius 3 is 2.15 bits per heavy atom. The summed E-state index contributed by atoms with van der Waals surface area (Å²) in [7, 11) is 1.82. The number of hydrogen-bond acceptors (Lipinski definition) is 2. The van der Waals surface area contributed by atoms with E-state index in [0.29, 0.717) is 12.3 Å². The van der Waals surface area contributed by atoms with Crippen molar-refractivity contribution in [3.63, 3.8) is 0 Å². The molecule has 0 aliphatic carbocycles. The maximum absolute atomic E-state index is 11.6. The molecule has 0 aromatic carbocycles. The van der Waals surface area contributed by atoms with Crippen molar-refractivity contribution in [3.8, 4) is 0 Å². The van der Waals surface area contributed by atoms with E-state index in [-0.39, 0.29) is 18.0 Å². The molecule has 13 heavy (non-hydrogen) atoms. The minimum absolute atomic E-state index is 0.0451. The number of carbonyl (C=O) groups is 1. The predicted molar refractivity (Wildman–Crippen MR) is 55.3 cm³/mol. The van der Waals surface area contributed by atoms with Crippen molar-refractivity contribution in [1.82, 2.24) is 4.90 Å². The molecule has 2 unspecified atom stereocenters. The van der Waals surface area contributed by atoms with Crippen LogP contribution in [-0.2, 0) is 4.79 Å². The summed E-state index contributed by atoms with van der Waals surface area (Å²) in [6.07, 6.45) is 0.702. The van der Waals surface area contributed by atoms with Gasteiger partial charge in [-0.1, -0.05) is 20.8 Å². The first-order valence-corrected chi connectivity index (χ1v) is 4.94. The van der Waals surface area contributed by atoms with Crippen molar-refractivity contribution in [1.29, 1.82) is 0 Å². The van der Waals surface area contributed by atoms with Crippen molar-refractivity contribution < 1.29 is 4.79 Å². The summed E-state index contributed by atoms with van der Waals surface area (Å²) in [4.78, 5) is 13.4. The second-order valence-electron chi connectivity index (χ2n) is 3.95. The van der Waals surface area contributed by atoms with Crippen LogP contribution in [0.15, 0.2) is 0 Å². The molecule has 0 aliphatic heterocycles. The molecule has 0 rings (SSSR count). The first kappa shape index (κ1) is 12.4. The molecule has 0 bridgehead atoms. The fourth-order valence-corrected chi connectivity index (χ4v) is 1.08. The van der Waals surface area contributed by atoms with Crippen LogP contribution in [0.3, 0.4) is 0 Å². The van der Waals surface area contributed by atoms with Crippen molar-refractivity contribution in [2.45, 2.75) is 46.2 Å². The Balaban J connectivity index is 4.25. The summed E-state index contributed by atoms with van der Waals surface area (Å²) in [6, 6.07) is -0.0868. The molecular weight excluding hydrogens is 164 g/mol. The van der Waals surface area contributed by atoms with E-state index in [2.05, 4.69) is 13.8 Å². The summed E-state index contributed by atoms with van der Waals surface area (Å²) in [6.45, 7) is 8.18. The van der Waals surface area contributed by atoms with Crippen LogP contribution in [0.5, 0.6) is 0 Å². The van der Waals surface area contributed by atoms with Gasteiger partial charge in [-0.25, -0.2) is 0 Å². The van der Waals surface area contributed by atoms with Gasteiger partial charge in [-0.05, 0) is 19.3 Å². The van der Waals surface area contributed by atoms with Crippen LogP contribution in [0.2, 0.25) is 0 Å². The van der Waals surface area contributed by atoms with Crippen LogP contribution in [0.4, 0.5) is 0 Å². The summed E-state index contributed by atoms with van der Waals surface area (Å²) >= 11 is 0. The van der Waals surface area contributed by atoms with Crippen molar-refractivity contribution in [2.24, 2.45) is 11.7 Å². The molecule has 1 amide bonds. The number of hydrogen-bond donors (Lipinski definition) is 1. The molecule has 0 saturated carbocycles. The SMILES string of the molecule is CCC(N)C(=O)N(C)C(C)C(C)C. The predicted octanol–water partition coefficient (Wildman–Crippen LogP) is 1.23. The van der Waals surface area contributed by atoms with Gasteiger partial charge in [-0.2, -0.15) is 0 Å². The number of carbonyl (C=O) groups excluding carboxylic acids is 1. The van der Waals surface area contributed by atoms with Crippen molar-refractivity contribution in [2.75, 3.05) is 7.05 Å². The Labute approximate surface area is 81.3 Å². The van der Waals surface area contributed by atoms with Crippen LogP contribution in [-0.4, -0.2) is 29.9 Å². The number of amides is 1. The third-order valence-corrected chi connectivity index (χ3v) is 2.68. The standard InChI is InChI=1S/C10H22N2O/c1-6-9(11)10(13)12(5)8(4)7(2)3/h7-9H,6,11H2,1-5H3. The summed E-state index contributed by atoms with van der Waals surface area (Å²) in [5, 5.41) is 0. The van der Waals surface area contributed by atoms with Gasteiger partial charge in [0.2, 0.25) is 5.91 Å². The second kappa shape index (κ2) is 5.22. The molecule has 0 heterocycles. The molecule has 78 valence electrons. The lowest BCUT2D eigenvalue weighted by Gasteiger charge is -2.29. The van der Waals surface area contributed by atoms with E-state index < -0.39 is 0 Å². The van der Waals surface area contributed by atoms with E-state index in [0.717, 1.165) is 0 Å². The summed E-state index contributed by atoms with van der Waals surface area (Å²) < 4.78 is 0. The fourth-order valence-electron chi connectivity index (χ4n) is 1.08. The maximum Gasteiger partial charge on any atom is 0.239 e. The smallest absolute Gasteiger partial charge is 0.239 e. The molecule has 0 saturated heterocycles. The average molecular weight is 186 g/mol. The second-order valence-corrected chi connectivity index (χ2v) is 3.95. The highest BCUT2D eigenvalue weighted by Gasteiger charge is 2.22. The molecule has 0 aliphatic rings. The molecule has 2 N–H and O–H groups in total. The number of nitrogens with zero attached hydrogens (tertiary/aromatic N) is 1. The molecule has 3 nitrogen and oxygen atoms in total. The van der Waals surface area contributed by atoms with Gasteiger partial charge in [0.25, 0.3) is 0 Å². The Kier molecular flexibility index (Phi) is 4.99. The molecule has 0 radical (unpaired) electrons. The first-order valence-electron chi connectivity index (χ1n) is 4.94. The zero-order valence-corrected chi connectivity index (χ0v) is 9.37. The lowest BCUT2D eigenvalue weighted by molar-refractivity contribution is -0.133. The summed E-state index contributed by atoms with van der Waals surface area (Å²) in [5.74, 6) is 0.515. The van der Waals surface area contributed by atoms with E-state index >= 15 is 0 Å². The Morgan fingerprint density at radius 1 is 1.38 bits per heavy atom. The van der Waals surface area contributed by atoms with E-state index in [4.69, 9.17) is 5.73 Å². The molecule has 0 aromatic heterocycles. The number of nitrogens with two attached hydrogens (primary N) is 1. The highest BCUT2D eigenvalue weighted by Crippen LogP contribution is 2.09. The lowest BCUT2D eigenvalue weighted by atomic mass is 10.0. The van der Waals surface area contributed by atoms with E-state index in [1.54, 1.807) is 4.90 Å². The van der Waals surface area contributed by atoms with Crippen LogP contribution < -0.4 is 5.73 Å². The quantitative estimate of drug-likeness (QED) is 0.717. The molecular formula is C10H22N2O. The molecule has 2 atom stereocenters. The lowest BCUT2D eigenvalue weighted by Crippen LogP contribution is -2.46. The van der Waals surface area contributed by atoms with Gasteiger partial charge in [0.1, 0.15) is 0 Å². The molecule has 0 fully saturated rings. The molecule has 3 heteroatoms. The number of rotatable bonds is 4. The largest absolute Gasteiger partial charge is 0.341 e. The van der Waals surface area contributed by atoms with Crippen molar-refractivity contribution >= 4 is 5.91 Å². The average Bonchev–Trinajstić information content (AvgIpc) is 2.12. The molecule has 0 aromatic rings. The number of likely N-dealkylation sites (N-methyl/N-ethyl adjacent to an activating group) is 1. The van der Waals surface area contributed by atoms with Crippen LogP contribution in [0, 0.1) is 5.92 Å². The van der Waals surface area contributed by atoms with Crippen molar-refractivity contribution in [3.05, 3.63) is 0 Å². The van der Waals surface area contributed by atoms with Crippen LogP contribution >= 0.6 is 0 Å². The zero-order valence-electron chi connectivity index (χ0n) is 9.37. The van der Waals surface area contributed by atoms with Gasteiger partial charge >= 0.3 is 0 Å². The Morgan fingerprint density at radius 2 is 1.85 bits per heavy atom. The third kappa shape index (κ3) is 3.35. The third-order valence-electron chi connectivity index (χ3n) is 2.68. The van der Waals surface area contributed by atoms with E-state index in [9.17, 15) is 4.79 Å². The first-order chi connectivity index (χ1) is 5.91. The highest BCUT2D eigenvalue weighted by atomic mass is 16.2. The van der Waals surface area contributed by atoms with Gasteiger partial charge in [-0.15, -0.1) is 0 Å². The van der Waals surface area contributed by atoms with Gasteiger partial charge in [-0.3, -0.25) is 4.79 Å². The Bertz CT molecular complexity index is 168. The van der Waals surface area contributed by atoms with E-state index in [1.807, 2.05) is 20.9 Å².